The molecule has 0 spiro atoms. The van der Waals surface area contributed by atoms with Gasteiger partial charge in [-0.15, -0.1) is 0 Å². The Bertz CT molecular complexity index is 1570. The van der Waals surface area contributed by atoms with Crippen molar-refractivity contribution in [3.05, 3.63) is 36.1 Å². The summed E-state index contributed by atoms with van der Waals surface area (Å²) in [5.41, 5.74) is 8.18. The van der Waals surface area contributed by atoms with Crippen molar-refractivity contribution < 1.29 is 13.5 Å². The van der Waals surface area contributed by atoms with Crippen LogP contribution in [0.4, 0.5) is 16.2 Å². The van der Waals surface area contributed by atoms with Crippen molar-refractivity contribution in [1.29, 1.82) is 0 Å². The smallest absolute Gasteiger partial charge is 0.319 e. The van der Waals surface area contributed by atoms with Crippen molar-refractivity contribution in [1.82, 2.24) is 25.2 Å². The molecular formula is C29H32FN7O2. The Morgan fingerprint density at radius 3 is 2.59 bits per heavy atom. The Balaban J connectivity index is 1.24. The van der Waals surface area contributed by atoms with E-state index in [0.29, 0.717) is 46.3 Å². The number of hydrogen-bond acceptors (Lipinski definition) is 9. The Morgan fingerprint density at radius 2 is 1.79 bits per heavy atom. The summed E-state index contributed by atoms with van der Waals surface area (Å²) in [7, 11) is 0. The summed E-state index contributed by atoms with van der Waals surface area (Å²) in [4.78, 5) is 18.8. The first-order valence-corrected chi connectivity index (χ1v) is 14.1. The van der Waals surface area contributed by atoms with Gasteiger partial charge in [0.15, 0.2) is 11.4 Å². The first-order chi connectivity index (χ1) is 19.1. The molecule has 6 heterocycles. The van der Waals surface area contributed by atoms with Crippen LogP contribution in [0, 0.1) is 5.82 Å². The normalized spacial score (nSPS) is 24.2. The van der Waals surface area contributed by atoms with E-state index in [1.165, 1.54) is 12.8 Å². The van der Waals surface area contributed by atoms with Gasteiger partial charge in [-0.3, -0.25) is 4.90 Å². The number of rotatable bonds is 5. The van der Waals surface area contributed by atoms with Gasteiger partial charge in [0.1, 0.15) is 23.5 Å². The number of nitrogens with two attached hydrogens (primary N) is 1. The topological polar surface area (TPSA) is 106 Å². The molecule has 0 radical (unpaired) electrons. The van der Waals surface area contributed by atoms with Crippen molar-refractivity contribution in [3.63, 3.8) is 0 Å². The quantitative estimate of drug-likeness (QED) is 0.395. The highest BCUT2D eigenvalue weighted by atomic mass is 19.1. The molecule has 2 aromatic carbocycles. The summed E-state index contributed by atoms with van der Waals surface area (Å²) < 4.78 is 28.3. The van der Waals surface area contributed by atoms with Crippen LogP contribution in [-0.2, 0) is 0 Å². The number of oxazole rings is 1. The number of piperazine rings is 1. The number of ether oxygens (including phenoxy) is 1. The average Bonchev–Trinajstić information content (AvgIpc) is 3.70. The lowest BCUT2D eigenvalue weighted by atomic mass is 9.95. The van der Waals surface area contributed by atoms with Gasteiger partial charge < -0.3 is 25.1 Å². The largest absolute Gasteiger partial charge is 0.461 e. The number of halogens is 1. The SMILES string of the molecule is Nc1nc2c(-c3ccc4c(N5CC6CCC(C5)N6)nc(OCC56CCCN5CCC6)nc4c3F)cccc2o1. The number of nitrogen functional groups attached to an aromatic ring is 1. The van der Waals surface area contributed by atoms with E-state index in [4.69, 9.17) is 19.9 Å². The van der Waals surface area contributed by atoms with Gasteiger partial charge in [-0.2, -0.15) is 15.0 Å². The van der Waals surface area contributed by atoms with E-state index in [1.807, 2.05) is 18.2 Å². The van der Waals surface area contributed by atoms with E-state index in [9.17, 15) is 0 Å². The van der Waals surface area contributed by atoms with Crippen LogP contribution in [0.5, 0.6) is 6.01 Å². The number of benzene rings is 2. The molecule has 0 aliphatic carbocycles. The van der Waals surface area contributed by atoms with E-state index < -0.39 is 5.82 Å². The summed E-state index contributed by atoms with van der Waals surface area (Å²) in [6.45, 7) is 4.44. The molecule has 4 aliphatic heterocycles. The molecule has 9 nitrogen and oxygen atoms in total. The second-order valence-corrected chi connectivity index (χ2v) is 11.6. The molecule has 2 aromatic heterocycles. The third-order valence-corrected chi connectivity index (χ3v) is 9.29. The third kappa shape index (κ3) is 3.76. The first-order valence-electron chi connectivity index (χ1n) is 14.1. The molecule has 4 fully saturated rings. The zero-order valence-electron chi connectivity index (χ0n) is 21.8. The maximum Gasteiger partial charge on any atom is 0.319 e. The minimum Gasteiger partial charge on any atom is -0.461 e. The molecule has 4 aromatic rings. The molecule has 0 saturated carbocycles. The lowest BCUT2D eigenvalue weighted by Crippen LogP contribution is -2.51. The summed E-state index contributed by atoms with van der Waals surface area (Å²) in [5.74, 6) is 0.324. The van der Waals surface area contributed by atoms with E-state index >= 15 is 4.39 Å². The lowest BCUT2D eigenvalue weighted by Gasteiger charge is -2.34. The van der Waals surface area contributed by atoms with Crippen molar-refractivity contribution in [3.8, 4) is 17.1 Å². The highest BCUT2D eigenvalue weighted by Gasteiger charge is 2.45. The predicted molar refractivity (Wildman–Crippen MR) is 147 cm³/mol. The van der Waals surface area contributed by atoms with Gasteiger partial charge in [0, 0.05) is 41.7 Å². The number of aromatic nitrogens is 3. The van der Waals surface area contributed by atoms with Gasteiger partial charge in [0.2, 0.25) is 0 Å². The highest BCUT2D eigenvalue weighted by Crippen LogP contribution is 2.40. The van der Waals surface area contributed by atoms with Crippen LogP contribution in [0.15, 0.2) is 34.7 Å². The maximum absolute atomic E-state index is 16.5. The molecule has 8 rings (SSSR count). The minimum absolute atomic E-state index is 0.0511. The molecule has 2 bridgehead atoms. The van der Waals surface area contributed by atoms with Crippen molar-refractivity contribution in [2.45, 2.75) is 56.1 Å². The van der Waals surface area contributed by atoms with Gasteiger partial charge in [-0.1, -0.05) is 18.2 Å². The Morgan fingerprint density at radius 1 is 1.00 bits per heavy atom. The first kappa shape index (κ1) is 23.4. The number of para-hydroxylation sites is 1. The Hall–Kier alpha value is -3.50. The summed E-state index contributed by atoms with van der Waals surface area (Å²) in [5, 5.41) is 4.37. The van der Waals surface area contributed by atoms with E-state index in [0.717, 1.165) is 57.7 Å². The van der Waals surface area contributed by atoms with Crippen LogP contribution in [0.25, 0.3) is 33.1 Å². The van der Waals surface area contributed by atoms with Gasteiger partial charge in [0.25, 0.3) is 6.01 Å². The molecule has 2 unspecified atom stereocenters. The van der Waals surface area contributed by atoms with E-state index in [-0.39, 0.29) is 23.1 Å². The zero-order chi connectivity index (χ0) is 26.1. The summed E-state index contributed by atoms with van der Waals surface area (Å²) in [6, 6.07) is 10.3. The second-order valence-electron chi connectivity index (χ2n) is 11.6. The average molecular weight is 530 g/mol. The van der Waals surface area contributed by atoms with Crippen LogP contribution in [-0.4, -0.2) is 70.3 Å². The van der Waals surface area contributed by atoms with Crippen LogP contribution < -0.4 is 20.7 Å². The fourth-order valence-corrected chi connectivity index (χ4v) is 7.45. The molecule has 3 N–H and O–H groups in total. The van der Waals surface area contributed by atoms with Crippen LogP contribution in [0.2, 0.25) is 0 Å². The number of hydrogen-bond donors (Lipinski definition) is 2. The minimum atomic E-state index is -0.422. The molecule has 0 amide bonds. The van der Waals surface area contributed by atoms with Crippen molar-refractivity contribution in [2.24, 2.45) is 0 Å². The lowest BCUT2D eigenvalue weighted by molar-refractivity contribution is 0.108. The highest BCUT2D eigenvalue weighted by molar-refractivity contribution is 5.98. The van der Waals surface area contributed by atoms with Gasteiger partial charge in [-0.25, -0.2) is 4.39 Å². The van der Waals surface area contributed by atoms with Crippen molar-refractivity contribution >= 4 is 33.8 Å². The Labute approximate surface area is 225 Å². The van der Waals surface area contributed by atoms with E-state index in [1.54, 1.807) is 12.1 Å². The molecule has 4 aliphatic rings. The fourth-order valence-electron chi connectivity index (χ4n) is 7.45. The fraction of sp³-hybridized carbons (Fsp3) is 0.483. The standard InChI is InChI=1S/C29H32FN7O2/c30-23-19(20-4-1-5-22-24(20)33-27(31)39-22)8-9-21-25(23)34-28(38-16-29-10-2-12-37(29)13-3-11-29)35-26(21)36-14-17-6-7-18(15-36)32-17/h1,4-5,8-9,17-18,32H,2-3,6-7,10-16H2,(H2,31,33). The molecule has 202 valence electrons. The zero-order valence-corrected chi connectivity index (χ0v) is 21.8. The number of nitrogens with zero attached hydrogens (tertiary/aromatic N) is 5. The third-order valence-electron chi connectivity index (χ3n) is 9.29. The van der Waals surface area contributed by atoms with Crippen LogP contribution in [0.1, 0.15) is 38.5 Å². The number of nitrogens with one attached hydrogen (secondary N) is 1. The predicted octanol–water partition coefficient (Wildman–Crippen LogP) is 4.11. The van der Waals surface area contributed by atoms with Crippen LogP contribution >= 0.6 is 0 Å². The molecule has 39 heavy (non-hydrogen) atoms. The van der Waals surface area contributed by atoms with Gasteiger partial charge in [0.05, 0.1) is 5.54 Å². The maximum atomic E-state index is 16.5. The summed E-state index contributed by atoms with van der Waals surface area (Å²) in [6.07, 6.45) is 6.92. The van der Waals surface area contributed by atoms with Crippen molar-refractivity contribution in [2.75, 3.05) is 43.4 Å². The van der Waals surface area contributed by atoms with Gasteiger partial charge in [-0.05, 0) is 63.7 Å². The molecule has 4 saturated heterocycles. The van der Waals surface area contributed by atoms with E-state index in [2.05, 4.69) is 25.1 Å². The van der Waals surface area contributed by atoms with Gasteiger partial charge >= 0.3 is 6.01 Å². The number of fused-ring (bicyclic) bond motifs is 5. The Kier molecular flexibility index (Phi) is 5.25. The summed E-state index contributed by atoms with van der Waals surface area (Å²) >= 11 is 0. The molecular weight excluding hydrogens is 497 g/mol. The second kappa shape index (κ2) is 8.76. The molecule has 10 heteroatoms. The molecule has 2 atom stereocenters. The number of anilines is 2. The van der Waals surface area contributed by atoms with Crippen LogP contribution in [0.3, 0.4) is 0 Å². The monoisotopic (exact) mass is 529 g/mol.